The lowest BCUT2D eigenvalue weighted by Crippen LogP contribution is -3.19. The highest BCUT2D eigenvalue weighted by Crippen LogP contribution is 2.27. The third-order valence-corrected chi connectivity index (χ3v) is 6.24. The van der Waals surface area contributed by atoms with Crippen molar-refractivity contribution in [1.29, 1.82) is 0 Å². The molecule has 1 atom stereocenters. The van der Waals surface area contributed by atoms with Crippen molar-refractivity contribution in [2.24, 2.45) is 0 Å². The van der Waals surface area contributed by atoms with Gasteiger partial charge in [0, 0.05) is 12.2 Å². The van der Waals surface area contributed by atoms with E-state index in [-0.39, 0.29) is 11.9 Å². The summed E-state index contributed by atoms with van der Waals surface area (Å²) in [5.74, 6) is 1.44. The molecule has 1 fully saturated rings. The number of aryl methyl sites for hydroxylation is 1. The first-order valence-electron chi connectivity index (χ1n) is 10.6. The van der Waals surface area contributed by atoms with Crippen molar-refractivity contribution in [3.05, 3.63) is 53.1 Å². The number of methoxy groups -OCH3 is 2. The van der Waals surface area contributed by atoms with Crippen LogP contribution in [0.5, 0.6) is 11.5 Å². The molecule has 1 heterocycles. The first kappa shape index (κ1) is 22.0. The van der Waals surface area contributed by atoms with E-state index in [0.29, 0.717) is 18.0 Å². The zero-order chi connectivity index (χ0) is 21.7. The van der Waals surface area contributed by atoms with Crippen LogP contribution in [0, 0.1) is 13.8 Å². The minimum absolute atomic E-state index is 0.0779. The number of ether oxygens (including phenoxy) is 2. The van der Waals surface area contributed by atoms with E-state index in [1.165, 1.54) is 21.7 Å². The third-order valence-electron chi connectivity index (χ3n) is 6.24. The summed E-state index contributed by atoms with van der Waals surface area (Å²) in [5, 5.41) is 3.07. The van der Waals surface area contributed by atoms with Crippen LogP contribution in [0.25, 0.3) is 0 Å². The second kappa shape index (κ2) is 9.85. The summed E-state index contributed by atoms with van der Waals surface area (Å²) in [6, 6.07) is 12.1. The minimum Gasteiger partial charge on any atom is -0.493 e. The predicted octanol–water partition coefficient (Wildman–Crippen LogP) is 1.73. The molecule has 30 heavy (non-hydrogen) atoms. The molecular formula is C24H34N3O3+. The molecule has 1 aliphatic rings. The summed E-state index contributed by atoms with van der Waals surface area (Å²) in [5.41, 5.74) is 4.98. The fraction of sp³-hybridized carbons (Fsp3) is 0.458. The molecule has 2 N–H and O–H groups in total. The Morgan fingerprint density at radius 3 is 2.47 bits per heavy atom. The van der Waals surface area contributed by atoms with Crippen LogP contribution in [0.2, 0.25) is 0 Å². The van der Waals surface area contributed by atoms with Gasteiger partial charge >= 0.3 is 0 Å². The van der Waals surface area contributed by atoms with Gasteiger partial charge in [-0.2, -0.15) is 0 Å². The molecule has 0 spiro atoms. The standard InChI is InChI=1S/C24H33N3O3/c1-17-7-6-8-21(18(17)2)27-13-11-26(12-14-27)19(3)24(28)25-16-20-9-10-22(29-4)23(15-20)30-5/h6-10,15,19H,11-14,16H2,1-5H3,(H,25,28)/p+1/t19-/m1/s1. The molecule has 2 aromatic carbocycles. The van der Waals surface area contributed by atoms with Crippen molar-refractivity contribution in [3.8, 4) is 11.5 Å². The number of amides is 1. The fourth-order valence-corrected chi connectivity index (χ4v) is 4.06. The molecule has 162 valence electrons. The molecule has 0 saturated carbocycles. The zero-order valence-corrected chi connectivity index (χ0v) is 18.7. The van der Waals surface area contributed by atoms with E-state index in [4.69, 9.17) is 9.47 Å². The van der Waals surface area contributed by atoms with E-state index < -0.39 is 0 Å². The summed E-state index contributed by atoms with van der Waals surface area (Å²) in [6.45, 7) is 10.7. The Hall–Kier alpha value is -2.73. The molecule has 2 aromatic rings. The Morgan fingerprint density at radius 1 is 1.10 bits per heavy atom. The van der Waals surface area contributed by atoms with Crippen molar-refractivity contribution in [3.63, 3.8) is 0 Å². The van der Waals surface area contributed by atoms with Gasteiger partial charge in [-0.25, -0.2) is 0 Å². The highest BCUT2D eigenvalue weighted by atomic mass is 16.5. The van der Waals surface area contributed by atoms with Gasteiger partial charge in [0.2, 0.25) is 0 Å². The van der Waals surface area contributed by atoms with Gasteiger partial charge in [0.1, 0.15) is 0 Å². The number of carbonyl (C=O) groups is 1. The molecule has 0 aliphatic carbocycles. The topological polar surface area (TPSA) is 55.2 Å². The number of hydrogen-bond donors (Lipinski definition) is 2. The second-order valence-electron chi connectivity index (χ2n) is 7.99. The molecule has 0 unspecified atom stereocenters. The lowest BCUT2D eigenvalue weighted by molar-refractivity contribution is -0.914. The number of nitrogens with zero attached hydrogens (tertiary/aromatic N) is 1. The fourth-order valence-electron chi connectivity index (χ4n) is 4.06. The Bertz CT molecular complexity index is 876. The van der Waals surface area contributed by atoms with E-state index in [0.717, 1.165) is 31.7 Å². The predicted molar refractivity (Wildman–Crippen MR) is 120 cm³/mol. The van der Waals surface area contributed by atoms with Crippen LogP contribution >= 0.6 is 0 Å². The Kier molecular flexibility index (Phi) is 7.21. The van der Waals surface area contributed by atoms with Gasteiger partial charge in [-0.3, -0.25) is 4.79 Å². The van der Waals surface area contributed by atoms with E-state index in [2.05, 4.69) is 42.3 Å². The van der Waals surface area contributed by atoms with Gasteiger partial charge in [0.25, 0.3) is 5.91 Å². The quantitative estimate of drug-likeness (QED) is 0.727. The lowest BCUT2D eigenvalue weighted by Gasteiger charge is -2.36. The van der Waals surface area contributed by atoms with Crippen LogP contribution in [0.4, 0.5) is 5.69 Å². The van der Waals surface area contributed by atoms with Gasteiger partial charge in [-0.1, -0.05) is 18.2 Å². The summed E-state index contributed by atoms with van der Waals surface area (Å²) in [4.78, 5) is 16.5. The number of anilines is 1. The monoisotopic (exact) mass is 412 g/mol. The maximum absolute atomic E-state index is 12.7. The van der Waals surface area contributed by atoms with Crippen molar-refractivity contribution in [2.75, 3.05) is 45.3 Å². The highest BCUT2D eigenvalue weighted by molar-refractivity contribution is 5.80. The van der Waals surface area contributed by atoms with Gasteiger partial charge in [-0.05, 0) is 55.7 Å². The summed E-state index contributed by atoms with van der Waals surface area (Å²) in [6.07, 6.45) is 0. The first-order chi connectivity index (χ1) is 14.4. The van der Waals surface area contributed by atoms with Crippen molar-refractivity contribution in [1.82, 2.24) is 5.32 Å². The number of carbonyl (C=O) groups excluding carboxylic acids is 1. The van der Waals surface area contributed by atoms with Gasteiger partial charge in [0.15, 0.2) is 17.5 Å². The van der Waals surface area contributed by atoms with Gasteiger partial charge in [0.05, 0.1) is 40.4 Å². The SMILES string of the molecule is COc1ccc(CNC(=O)[C@@H](C)[NH+]2CCN(c3cccc(C)c3C)CC2)cc1OC. The normalized spacial score (nSPS) is 15.6. The van der Waals surface area contributed by atoms with Crippen LogP contribution in [0.3, 0.4) is 0 Å². The van der Waals surface area contributed by atoms with E-state index in [1.54, 1.807) is 14.2 Å². The van der Waals surface area contributed by atoms with Crippen LogP contribution < -0.4 is 24.6 Å². The van der Waals surface area contributed by atoms with Crippen LogP contribution in [0.1, 0.15) is 23.6 Å². The van der Waals surface area contributed by atoms with Crippen molar-refractivity contribution >= 4 is 11.6 Å². The molecule has 1 amide bonds. The molecule has 0 radical (unpaired) electrons. The summed E-state index contributed by atoms with van der Waals surface area (Å²) >= 11 is 0. The number of hydrogen-bond acceptors (Lipinski definition) is 4. The Morgan fingerprint density at radius 2 is 1.80 bits per heavy atom. The first-order valence-corrected chi connectivity index (χ1v) is 10.6. The van der Waals surface area contributed by atoms with Crippen LogP contribution in [-0.4, -0.2) is 52.3 Å². The number of rotatable bonds is 7. The molecule has 1 saturated heterocycles. The minimum atomic E-state index is -0.0779. The maximum atomic E-state index is 12.7. The number of quaternary nitrogens is 1. The molecular weight excluding hydrogens is 378 g/mol. The maximum Gasteiger partial charge on any atom is 0.278 e. The van der Waals surface area contributed by atoms with Crippen LogP contribution in [-0.2, 0) is 11.3 Å². The molecule has 3 rings (SSSR count). The number of piperazine rings is 1. The van der Waals surface area contributed by atoms with Crippen LogP contribution in [0.15, 0.2) is 36.4 Å². The van der Waals surface area contributed by atoms with Gasteiger partial charge in [-0.15, -0.1) is 0 Å². The molecule has 0 bridgehead atoms. The smallest absolute Gasteiger partial charge is 0.278 e. The highest BCUT2D eigenvalue weighted by Gasteiger charge is 2.29. The van der Waals surface area contributed by atoms with Gasteiger partial charge < -0.3 is 24.6 Å². The van der Waals surface area contributed by atoms with E-state index >= 15 is 0 Å². The molecule has 1 aliphatic heterocycles. The second-order valence-corrected chi connectivity index (χ2v) is 7.99. The number of benzene rings is 2. The van der Waals surface area contributed by atoms with Crippen molar-refractivity contribution in [2.45, 2.75) is 33.4 Å². The molecule has 6 heteroatoms. The number of nitrogens with one attached hydrogen (secondary N) is 2. The summed E-state index contributed by atoms with van der Waals surface area (Å²) in [7, 11) is 3.23. The average Bonchev–Trinajstić information content (AvgIpc) is 2.78. The third kappa shape index (κ3) is 4.87. The molecule has 6 nitrogen and oxygen atoms in total. The largest absolute Gasteiger partial charge is 0.493 e. The Balaban J connectivity index is 1.53. The molecule has 0 aromatic heterocycles. The van der Waals surface area contributed by atoms with E-state index in [9.17, 15) is 4.79 Å². The average molecular weight is 413 g/mol. The zero-order valence-electron chi connectivity index (χ0n) is 18.7. The Labute approximate surface area is 179 Å². The lowest BCUT2D eigenvalue weighted by atomic mass is 10.1. The summed E-state index contributed by atoms with van der Waals surface area (Å²) < 4.78 is 10.6. The van der Waals surface area contributed by atoms with E-state index in [1.807, 2.05) is 25.1 Å². The van der Waals surface area contributed by atoms with Crippen molar-refractivity contribution < 1.29 is 19.2 Å².